The van der Waals surface area contributed by atoms with Crippen LogP contribution in [0.5, 0.6) is 0 Å². The van der Waals surface area contributed by atoms with Crippen LogP contribution >= 0.6 is 22.6 Å². The molecule has 0 fully saturated rings. The molecule has 0 aliphatic heterocycles. The van der Waals surface area contributed by atoms with Crippen molar-refractivity contribution in [2.24, 2.45) is 0 Å². The lowest BCUT2D eigenvalue weighted by Gasteiger charge is -2.16. The van der Waals surface area contributed by atoms with Crippen molar-refractivity contribution in [3.63, 3.8) is 0 Å². The summed E-state index contributed by atoms with van der Waals surface area (Å²) >= 11 is 2.27. The third kappa shape index (κ3) is 3.12. The molecular formula is C16H13FIN3. The molecule has 0 amide bonds. The Hall–Kier alpha value is -1.76. The molecule has 3 nitrogen and oxygen atoms in total. The van der Waals surface area contributed by atoms with E-state index >= 15 is 0 Å². The molecule has 1 aromatic heterocycles. The average molecular weight is 393 g/mol. The molecular weight excluding hydrogens is 380 g/mol. The molecule has 0 saturated carbocycles. The predicted molar refractivity (Wildman–Crippen MR) is 90.7 cm³/mol. The Kier molecular flexibility index (Phi) is 4.01. The molecule has 106 valence electrons. The van der Waals surface area contributed by atoms with Crippen LogP contribution in [-0.2, 0) is 0 Å². The number of nitrogens with one attached hydrogen (secondary N) is 1. The molecule has 0 bridgehead atoms. The first-order chi connectivity index (χ1) is 10.1. The van der Waals surface area contributed by atoms with E-state index in [1.807, 2.05) is 19.1 Å². The summed E-state index contributed by atoms with van der Waals surface area (Å²) in [6.07, 6.45) is 1.55. The van der Waals surface area contributed by atoms with Gasteiger partial charge in [0.05, 0.1) is 5.52 Å². The van der Waals surface area contributed by atoms with Crippen LogP contribution in [0.3, 0.4) is 0 Å². The lowest BCUT2D eigenvalue weighted by molar-refractivity contribution is 0.626. The standard InChI is InChI=1S/C16H13FIN3/c1-10(11-2-4-12(17)5-3-11)21-16-14-8-13(18)6-7-15(14)19-9-20-16/h2-10H,1H3,(H,19,20,21). The lowest BCUT2D eigenvalue weighted by Crippen LogP contribution is -2.08. The topological polar surface area (TPSA) is 37.8 Å². The number of rotatable bonds is 3. The first kappa shape index (κ1) is 14.2. The van der Waals surface area contributed by atoms with Gasteiger partial charge in [0.15, 0.2) is 0 Å². The van der Waals surface area contributed by atoms with Crippen molar-refractivity contribution in [1.82, 2.24) is 9.97 Å². The fourth-order valence-electron chi connectivity index (χ4n) is 2.18. The highest BCUT2D eigenvalue weighted by Gasteiger charge is 2.09. The molecule has 0 spiro atoms. The zero-order valence-electron chi connectivity index (χ0n) is 11.3. The maximum atomic E-state index is 13.0. The first-order valence-electron chi connectivity index (χ1n) is 6.56. The van der Waals surface area contributed by atoms with Gasteiger partial charge >= 0.3 is 0 Å². The Balaban J connectivity index is 1.94. The molecule has 3 aromatic rings. The summed E-state index contributed by atoms with van der Waals surface area (Å²) in [5.74, 6) is 0.559. The zero-order chi connectivity index (χ0) is 14.8. The van der Waals surface area contributed by atoms with Gasteiger partial charge in [0, 0.05) is 15.0 Å². The van der Waals surface area contributed by atoms with Crippen molar-refractivity contribution in [1.29, 1.82) is 0 Å². The van der Waals surface area contributed by atoms with E-state index in [1.165, 1.54) is 12.1 Å². The third-order valence-corrected chi connectivity index (χ3v) is 3.99. The average Bonchev–Trinajstić information content (AvgIpc) is 2.48. The summed E-state index contributed by atoms with van der Waals surface area (Å²) < 4.78 is 14.1. The van der Waals surface area contributed by atoms with E-state index in [9.17, 15) is 4.39 Å². The van der Waals surface area contributed by atoms with Gasteiger partial charge in [0.1, 0.15) is 18.0 Å². The minimum Gasteiger partial charge on any atom is -0.363 e. The van der Waals surface area contributed by atoms with Crippen molar-refractivity contribution >= 4 is 39.3 Å². The number of fused-ring (bicyclic) bond motifs is 1. The largest absolute Gasteiger partial charge is 0.363 e. The summed E-state index contributed by atoms with van der Waals surface area (Å²) in [6, 6.07) is 12.6. The molecule has 0 radical (unpaired) electrons. The van der Waals surface area contributed by atoms with E-state index < -0.39 is 0 Å². The minimum atomic E-state index is -0.229. The zero-order valence-corrected chi connectivity index (χ0v) is 13.5. The van der Waals surface area contributed by atoms with E-state index in [2.05, 4.69) is 43.9 Å². The highest BCUT2D eigenvalue weighted by molar-refractivity contribution is 14.1. The Morgan fingerprint density at radius 3 is 2.62 bits per heavy atom. The van der Waals surface area contributed by atoms with Crippen LogP contribution in [0.15, 0.2) is 48.8 Å². The normalized spacial score (nSPS) is 12.3. The van der Waals surface area contributed by atoms with E-state index in [-0.39, 0.29) is 11.9 Å². The van der Waals surface area contributed by atoms with Gasteiger partial charge in [-0.2, -0.15) is 0 Å². The summed E-state index contributed by atoms with van der Waals surface area (Å²) in [5.41, 5.74) is 1.91. The quantitative estimate of drug-likeness (QED) is 0.664. The maximum absolute atomic E-state index is 13.0. The van der Waals surface area contributed by atoms with Gasteiger partial charge in [-0.05, 0) is 65.4 Å². The van der Waals surface area contributed by atoms with Crippen LogP contribution < -0.4 is 5.32 Å². The van der Waals surface area contributed by atoms with Crippen molar-refractivity contribution in [2.75, 3.05) is 5.32 Å². The second-order valence-corrected chi connectivity index (χ2v) is 6.05. The number of hydrogen-bond donors (Lipinski definition) is 1. The number of aromatic nitrogens is 2. The van der Waals surface area contributed by atoms with Gasteiger partial charge in [0.2, 0.25) is 0 Å². The molecule has 1 N–H and O–H groups in total. The van der Waals surface area contributed by atoms with Gasteiger partial charge in [-0.1, -0.05) is 12.1 Å². The van der Waals surface area contributed by atoms with Crippen LogP contribution in [0.25, 0.3) is 10.9 Å². The lowest BCUT2D eigenvalue weighted by atomic mass is 10.1. The predicted octanol–water partition coefficient (Wildman–Crippen LogP) is 4.55. The molecule has 2 aromatic carbocycles. The van der Waals surface area contributed by atoms with Gasteiger partial charge in [-0.25, -0.2) is 14.4 Å². The van der Waals surface area contributed by atoms with E-state index in [0.717, 1.165) is 25.9 Å². The summed E-state index contributed by atoms with van der Waals surface area (Å²) in [6.45, 7) is 2.02. The molecule has 5 heteroatoms. The fraction of sp³-hybridized carbons (Fsp3) is 0.125. The van der Waals surface area contributed by atoms with Gasteiger partial charge in [-0.3, -0.25) is 0 Å². The van der Waals surface area contributed by atoms with Gasteiger partial charge < -0.3 is 5.32 Å². The van der Waals surface area contributed by atoms with Gasteiger partial charge in [-0.15, -0.1) is 0 Å². The SMILES string of the molecule is CC(Nc1ncnc2ccc(I)cc12)c1ccc(F)cc1. The highest BCUT2D eigenvalue weighted by Crippen LogP contribution is 2.25. The highest BCUT2D eigenvalue weighted by atomic mass is 127. The second-order valence-electron chi connectivity index (χ2n) is 4.80. The van der Waals surface area contributed by atoms with Crippen molar-refractivity contribution in [3.8, 4) is 0 Å². The first-order valence-corrected chi connectivity index (χ1v) is 7.63. The molecule has 21 heavy (non-hydrogen) atoms. The molecule has 1 unspecified atom stereocenters. The van der Waals surface area contributed by atoms with Crippen molar-refractivity contribution in [2.45, 2.75) is 13.0 Å². The van der Waals surface area contributed by atoms with Gasteiger partial charge in [0.25, 0.3) is 0 Å². The minimum absolute atomic E-state index is 0.0292. The number of halogens is 2. The molecule has 0 aliphatic rings. The number of nitrogens with zero attached hydrogens (tertiary/aromatic N) is 2. The van der Waals surface area contributed by atoms with Crippen LogP contribution in [0.2, 0.25) is 0 Å². The van der Waals surface area contributed by atoms with Crippen molar-refractivity contribution < 1.29 is 4.39 Å². The van der Waals surface area contributed by atoms with Crippen LogP contribution in [-0.4, -0.2) is 9.97 Å². The van der Waals surface area contributed by atoms with Crippen LogP contribution in [0, 0.1) is 9.39 Å². The summed E-state index contributed by atoms with van der Waals surface area (Å²) in [7, 11) is 0. The third-order valence-electron chi connectivity index (χ3n) is 3.32. The monoisotopic (exact) mass is 393 g/mol. The maximum Gasteiger partial charge on any atom is 0.137 e. The van der Waals surface area contributed by atoms with E-state index in [0.29, 0.717) is 0 Å². The molecule has 3 rings (SSSR count). The van der Waals surface area contributed by atoms with Crippen molar-refractivity contribution in [3.05, 3.63) is 63.7 Å². The van der Waals surface area contributed by atoms with Crippen LogP contribution in [0.1, 0.15) is 18.5 Å². The fourth-order valence-corrected chi connectivity index (χ4v) is 2.67. The Morgan fingerprint density at radius 2 is 1.86 bits per heavy atom. The van der Waals surface area contributed by atoms with E-state index in [4.69, 9.17) is 0 Å². The Bertz CT molecular complexity index is 774. The summed E-state index contributed by atoms with van der Waals surface area (Å²) in [4.78, 5) is 8.60. The Morgan fingerprint density at radius 1 is 1.10 bits per heavy atom. The van der Waals surface area contributed by atoms with Crippen LogP contribution in [0.4, 0.5) is 10.2 Å². The smallest absolute Gasteiger partial charge is 0.137 e. The molecule has 1 atom stereocenters. The summed E-state index contributed by atoms with van der Waals surface area (Å²) in [5, 5.41) is 4.36. The number of hydrogen-bond acceptors (Lipinski definition) is 3. The van der Waals surface area contributed by atoms with E-state index in [1.54, 1.807) is 18.5 Å². The molecule has 0 saturated heterocycles. The Labute approximate surface area is 135 Å². The number of anilines is 1. The number of benzene rings is 2. The second kappa shape index (κ2) is 5.93. The molecule has 0 aliphatic carbocycles. The molecule has 1 heterocycles.